The Morgan fingerprint density at radius 3 is 0.680 bits per heavy atom. The second kappa shape index (κ2) is 26.4. The van der Waals surface area contributed by atoms with Crippen molar-refractivity contribution >= 4 is 112 Å². The first-order valence-electron chi connectivity index (χ1n) is 40.1. The van der Waals surface area contributed by atoms with E-state index in [9.17, 15) is 0 Å². The first-order valence-corrected chi connectivity index (χ1v) is 40.1. The van der Waals surface area contributed by atoms with E-state index in [1.54, 1.807) is 19.0 Å². The summed E-state index contributed by atoms with van der Waals surface area (Å²) in [6, 6.07) is 98.4. The minimum Gasteiger partial charge on any atom is -0.458 e. The van der Waals surface area contributed by atoms with Crippen molar-refractivity contribution in [1.82, 2.24) is 59.8 Å². The number of hydrogen-bond donors (Lipinski definition) is 0. The molecule has 0 bridgehead atoms. The monoisotopic (exact) mass is 1560 g/mol. The average molecular weight is 1570 g/mol. The molecular formula is C102H54B2N12O6. The van der Waals surface area contributed by atoms with Crippen LogP contribution in [0, 0.1) is 0 Å². The Bertz CT molecular complexity index is 7260. The van der Waals surface area contributed by atoms with Gasteiger partial charge in [-0.1, -0.05) is 164 Å². The largest absolute Gasteiger partial charge is 0.458 e. The number of fused-ring (bicyclic) bond motifs is 6. The zero-order chi connectivity index (χ0) is 79.8. The van der Waals surface area contributed by atoms with Gasteiger partial charge < -0.3 is 28.4 Å². The van der Waals surface area contributed by atoms with Gasteiger partial charge in [-0.25, -0.2) is 59.8 Å². The number of benzene rings is 15. The molecular weight excluding hydrogens is 1510 g/mol. The molecule has 0 N–H and O–H groups in total. The van der Waals surface area contributed by atoms with E-state index in [1.165, 1.54) is 0 Å². The Labute approximate surface area is 694 Å². The molecule has 21 aromatic rings. The van der Waals surface area contributed by atoms with Crippen LogP contribution in [-0.4, -0.2) is 73.2 Å². The summed E-state index contributed by atoms with van der Waals surface area (Å²) in [5, 5.41) is 5.77. The molecule has 0 unspecified atom stereocenters. The van der Waals surface area contributed by atoms with Gasteiger partial charge in [-0.3, -0.25) is 0 Å². The predicted octanol–water partition coefficient (Wildman–Crippen LogP) is 19.7. The van der Waals surface area contributed by atoms with Crippen molar-refractivity contribution in [3.8, 4) is 170 Å². The van der Waals surface area contributed by atoms with Gasteiger partial charge in [0.05, 0.1) is 50.2 Å². The van der Waals surface area contributed by atoms with Crippen molar-refractivity contribution in [3.63, 3.8) is 0 Å². The van der Waals surface area contributed by atoms with Crippen molar-refractivity contribution in [3.05, 3.63) is 329 Å². The Morgan fingerprint density at radius 2 is 0.418 bits per heavy atom. The van der Waals surface area contributed by atoms with Crippen molar-refractivity contribution in [1.29, 1.82) is 0 Å². The van der Waals surface area contributed by atoms with Crippen molar-refractivity contribution in [2.45, 2.75) is 0 Å². The molecule has 0 fully saturated rings. The van der Waals surface area contributed by atoms with Crippen LogP contribution in [0.1, 0.15) is 0 Å². The summed E-state index contributed by atoms with van der Waals surface area (Å²) in [7, 11) is 0. The fraction of sp³-hybridized carbons (Fsp3) is 0. The van der Waals surface area contributed by atoms with Crippen molar-refractivity contribution in [2.24, 2.45) is 0 Å². The lowest BCUT2D eigenvalue weighted by Gasteiger charge is -2.38. The lowest BCUT2D eigenvalue weighted by atomic mass is 9.33. The summed E-state index contributed by atoms with van der Waals surface area (Å²) in [4.78, 5) is 57.1. The lowest BCUT2D eigenvalue weighted by molar-refractivity contribution is 0.442. The summed E-state index contributed by atoms with van der Waals surface area (Å²) in [6.45, 7) is -0.423. The molecule has 20 heteroatoms. The molecule has 6 aromatic heterocycles. The molecule has 122 heavy (non-hydrogen) atoms. The highest BCUT2D eigenvalue weighted by molar-refractivity contribution is 7.00. The molecule has 18 nitrogen and oxygen atoms in total. The first kappa shape index (κ1) is 67.4. The highest BCUT2D eigenvalue weighted by atomic mass is 16.5. The van der Waals surface area contributed by atoms with Gasteiger partial charge in [0, 0.05) is 117 Å². The molecule has 6 aliphatic rings. The number of nitrogens with zero attached hydrogens (tertiary/aromatic N) is 12. The van der Waals surface area contributed by atoms with Crippen LogP contribution in [0.5, 0.6) is 69.0 Å². The second-order valence-corrected chi connectivity index (χ2v) is 31.0. The topological polar surface area (TPSA) is 210 Å². The van der Waals surface area contributed by atoms with E-state index in [2.05, 4.69) is 142 Å². The zero-order valence-electron chi connectivity index (χ0n) is 64.1. The van der Waals surface area contributed by atoms with E-state index >= 15 is 0 Å². The third-order valence-electron chi connectivity index (χ3n) is 24.0. The van der Waals surface area contributed by atoms with E-state index < -0.39 is 0 Å². The number of para-hydroxylation sites is 3. The third kappa shape index (κ3) is 10.8. The summed E-state index contributed by atoms with van der Waals surface area (Å²) in [5.41, 5.74) is 24.7. The third-order valence-corrected chi connectivity index (χ3v) is 24.0. The molecule has 6 aliphatic heterocycles. The normalized spacial score (nSPS) is 12.8. The molecule has 27 rings (SSSR count). The second-order valence-electron chi connectivity index (χ2n) is 31.0. The fourth-order valence-corrected chi connectivity index (χ4v) is 18.3. The smallest absolute Gasteiger partial charge is 0.270 e. The SMILES string of the molecule is c1ccc(-c2ncnc3ccc(-c4cc5c6c(c4)Oc4cc(-c7ccc8ncnc(-c9ccccc9)c8c7)cc7c4B6c4c(cc(-c6ccc8ncnc(-c9ccccc9)c8c6)cc4O7)O5)cc23)cc1.c1ccc2nc(-c3cc4c5c(c3)Oc3cc(-c6ncc7ccccc7n6)cc6c3B5c3c(cc(-c5ncc7ccccc7n5)cc3O6)O4)ncc2c1. The number of aromatic nitrogens is 12. The number of ether oxygens (including phenoxy) is 6. The van der Waals surface area contributed by atoms with Gasteiger partial charge >= 0.3 is 0 Å². The fourth-order valence-electron chi connectivity index (χ4n) is 18.3. The van der Waals surface area contributed by atoms with Gasteiger partial charge in [-0.15, -0.1) is 0 Å². The first-order chi connectivity index (χ1) is 60.3. The molecule has 564 valence electrons. The summed E-state index contributed by atoms with van der Waals surface area (Å²) in [6.07, 6.45) is 10.4. The van der Waals surface area contributed by atoms with Gasteiger partial charge in [0.25, 0.3) is 13.4 Å². The van der Waals surface area contributed by atoms with E-state index in [0.717, 1.165) is 217 Å². The van der Waals surface area contributed by atoms with E-state index in [-0.39, 0.29) is 13.4 Å². The van der Waals surface area contributed by atoms with Crippen molar-refractivity contribution < 1.29 is 28.4 Å². The van der Waals surface area contributed by atoms with Crippen LogP contribution in [-0.2, 0) is 0 Å². The molecule has 0 spiro atoms. The molecule has 0 aliphatic carbocycles. The minimum atomic E-state index is -0.215. The van der Waals surface area contributed by atoms with Crippen molar-refractivity contribution in [2.75, 3.05) is 0 Å². The molecule has 0 saturated carbocycles. The molecule has 15 aromatic carbocycles. The molecule has 0 saturated heterocycles. The Morgan fingerprint density at radius 1 is 0.180 bits per heavy atom. The van der Waals surface area contributed by atoms with Crippen LogP contribution in [0.25, 0.3) is 167 Å². The van der Waals surface area contributed by atoms with Crippen LogP contribution >= 0.6 is 0 Å². The molecule has 0 atom stereocenters. The maximum absolute atomic E-state index is 7.10. The van der Waals surface area contributed by atoms with Crippen LogP contribution < -0.4 is 61.2 Å². The van der Waals surface area contributed by atoms with Gasteiger partial charge in [0.15, 0.2) is 17.5 Å². The highest BCUT2D eigenvalue weighted by Crippen LogP contribution is 2.50. The Balaban J connectivity index is 0.000000137. The maximum Gasteiger partial charge on any atom is 0.270 e. The van der Waals surface area contributed by atoms with E-state index in [1.807, 2.05) is 182 Å². The van der Waals surface area contributed by atoms with Crippen LogP contribution in [0.2, 0.25) is 0 Å². The zero-order valence-corrected chi connectivity index (χ0v) is 64.1. The standard InChI is InChI=1S/C60H33BN6O3.C42H21BN6O3/c1-4-10-34(11-5-1)58-43-22-37(16-19-46(43)62-31-65-58)40-25-49-55-50(26-40)69-52-28-42(39-18-21-48-45(24-39)60(67-33-64-48)36-14-8-3-9-15-36)30-54-57(52)61(55)56-51(68-49)27-41(29-53(56)70-54)38-17-20-47-44(23-38)59(66-32-63-47)35-12-6-2-7-13-35;1-4-10-28-22(7-1)19-44-40(47-28)25-13-31-37-32(14-25)51-34-16-27(42-46-21-24-9-3-6-12-30(24)49-42)18-36-39(34)43(37)38-33(50-31)15-26(17-35(38)52-36)41-45-20-23-8-2-5-11-29(23)48-41/h1-33H;1-21H. The van der Waals surface area contributed by atoms with Gasteiger partial charge in [0.1, 0.15) is 88.0 Å². The quantitative estimate of drug-likeness (QED) is 0.123. The maximum atomic E-state index is 7.10. The molecule has 0 radical (unpaired) electrons. The van der Waals surface area contributed by atoms with Gasteiger partial charge in [-0.05, 0) is 161 Å². The molecule has 0 amide bonds. The minimum absolute atomic E-state index is 0.207. The van der Waals surface area contributed by atoms with Crippen LogP contribution in [0.4, 0.5) is 0 Å². The lowest BCUT2D eigenvalue weighted by Crippen LogP contribution is -2.59. The summed E-state index contributed by atoms with van der Waals surface area (Å²) >= 11 is 0. The predicted molar refractivity (Wildman–Crippen MR) is 476 cm³/mol. The Hall–Kier alpha value is -16.7. The Kier molecular flexibility index (Phi) is 14.6. The average Bonchev–Trinajstić information content (AvgIpc) is 0.699. The van der Waals surface area contributed by atoms with Gasteiger partial charge in [-0.2, -0.15) is 0 Å². The summed E-state index contributed by atoms with van der Waals surface area (Å²) < 4.78 is 41.7. The van der Waals surface area contributed by atoms with Crippen LogP contribution in [0.15, 0.2) is 329 Å². The van der Waals surface area contributed by atoms with E-state index in [4.69, 9.17) is 73.3 Å². The number of rotatable bonds is 9. The van der Waals surface area contributed by atoms with Gasteiger partial charge in [0.2, 0.25) is 0 Å². The highest BCUT2D eigenvalue weighted by Gasteiger charge is 2.50. The van der Waals surface area contributed by atoms with Crippen LogP contribution in [0.3, 0.4) is 0 Å². The molecule has 12 heterocycles. The summed E-state index contributed by atoms with van der Waals surface area (Å²) in [5.74, 6) is 10.1. The van der Waals surface area contributed by atoms with E-state index in [0.29, 0.717) is 52.0 Å². The number of hydrogen-bond acceptors (Lipinski definition) is 18.